The molecule has 0 amide bonds. The van der Waals surface area contributed by atoms with Gasteiger partial charge in [0.2, 0.25) is 0 Å². The molecule has 1 aromatic carbocycles. The molecule has 3 aromatic rings. The third-order valence-electron chi connectivity index (χ3n) is 3.09. The smallest absolute Gasteiger partial charge is 0.141 e. The molecule has 4 heteroatoms. The van der Waals surface area contributed by atoms with E-state index < -0.39 is 0 Å². The molecule has 0 N–H and O–H groups in total. The first-order valence-corrected chi connectivity index (χ1v) is 8.27. The Kier molecular flexibility index (Phi) is 5.32. The Bertz CT molecular complexity index is 752. The van der Waals surface area contributed by atoms with E-state index in [0.29, 0.717) is 9.85 Å². The topological polar surface area (TPSA) is 12.9 Å². The predicted molar refractivity (Wildman–Crippen MR) is 90.8 cm³/mol. The Morgan fingerprint density at radius 2 is 2.00 bits per heavy atom. The summed E-state index contributed by atoms with van der Waals surface area (Å²) < 4.78 is 14.4. The first-order chi connectivity index (χ1) is 10.2. The van der Waals surface area contributed by atoms with Gasteiger partial charge in [-0.1, -0.05) is 44.5 Å². The molecule has 1 nitrogen and oxygen atoms in total. The third kappa shape index (κ3) is 3.25. The highest BCUT2D eigenvalue weighted by atomic mass is 35.5. The van der Waals surface area contributed by atoms with Crippen LogP contribution in [-0.2, 0) is 6.42 Å². The first-order valence-electron chi connectivity index (χ1n) is 7.01. The van der Waals surface area contributed by atoms with E-state index in [4.69, 9.17) is 11.6 Å². The molecule has 2 heterocycles. The maximum absolute atomic E-state index is 13.7. The number of aromatic nitrogens is 1. The van der Waals surface area contributed by atoms with Crippen LogP contribution in [0.1, 0.15) is 26.3 Å². The van der Waals surface area contributed by atoms with Gasteiger partial charge in [0, 0.05) is 16.3 Å². The summed E-state index contributed by atoms with van der Waals surface area (Å²) in [6.07, 6.45) is 0.895. The van der Waals surface area contributed by atoms with Gasteiger partial charge in [0.1, 0.15) is 11.0 Å². The van der Waals surface area contributed by atoms with Gasteiger partial charge >= 0.3 is 0 Å². The Balaban J connectivity index is 0.000000774. The summed E-state index contributed by atoms with van der Waals surface area (Å²) in [4.78, 5) is 4.35. The SMILES string of the molecule is CC.CCc1cc(Cl)nc(-c2csc3c(F)cccc23)c1. The highest BCUT2D eigenvalue weighted by Crippen LogP contribution is 2.35. The molecular weight excluding hydrogens is 305 g/mol. The molecule has 2 aromatic heterocycles. The fourth-order valence-electron chi connectivity index (χ4n) is 2.11. The van der Waals surface area contributed by atoms with E-state index >= 15 is 0 Å². The van der Waals surface area contributed by atoms with Gasteiger partial charge in [-0.15, -0.1) is 11.3 Å². The molecular formula is C17H17ClFNS. The molecule has 0 radical (unpaired) electrons. The number of halogens is 2. The van der Waals surface area contributed by atoms with Gasteiger partial charge in [0.25, 0.3) is 0 Å². The van der Waals surface area contributed by atoms with Crippen molar-refractivity contribution in [1.29, 1.82) is 0 Å². The lowest BCUT2D eigenvalue weighted by molar-refractivity contribution is 0.642. The number of fused-ring (bicyclic) bond motifs is 1. The predicted octanol–water partition coefficient (Wildman–Crippen LogP) is 6.34. The summed E-state index contributed by atoms with van der Waals surface area (Å²) in [5.74, 6) is -0.188. The lowest BCUT2D eigenvalue weighted by Gasteiger charge is -2.04. The number of aryl methyl sites for hydroxylation is 1. The maximum Gasteiger partial charge on any atom is 0.141 e. The van der Waals surface area contributed by atoms with Crippen LogP contribution in [-0.4, -0.2) is 4.98 Å². The fraction of sp³-hybridized carbons (Fsp3) is 0.235. The van der Waals surface area contributed by atoms with Crippen LogP contribution in [0.25, 0.3) is 21.3 Å². The lowest BCUT2D eigenvalue weighted by Crippen LogP contribution is -1.88. The molecule has 0 aliphatic rings. The van der Waals surface area contributed by atoms with Gasteiger partial charge in [-0.3, -0.25) is 0 Å². The summed E-state index contributed by atoms with van der Waals surface area (Å²) in [6.45, 7) is 6.07. The number of rotatable bonds is 2. The molecule has 21 heavy (non-hydrogen) atoms. The van der Waals surface area contributed by atoms with Crippen molar-refractivity contribution < 1.29 is 4.39 Å². The summed E-state index contributed by atoms with van der Waals surface area (Å²) in [5.41, 5.74) is 2.88. The number of pyridine rings is 1. The quantitative estimate of drug-likeness (QED) is 0.501. The third-order valence-corrected chi connectivity index (χ3v) is 4.29. The van der Waals surface area contributed by atoms with Crippen LogP contribution in [0.15, 0.2) is 35.7 Å². The van der Waals surface area contributed by atoms with Gasteiger partial charge in [-0.05, 0) is 30.2 Å². The molecule has 0 fully saturated rings. The number of benzene rings is 1. The molecule has 3 rings (SSSR count). The number of nitrogens with zero attached hydrogens (tertiary/aromatic N) is 1. The maximum atomic E-state index is 13.7. The summed E-state index contributed by atoms with van der Waals surface area (Å²) in [5, 5.41) is 3.30. The average Bonchev–Trinajstić information content (AvgIpc) is 2.94. The zero-order chi connectivity index (χ0) is 15.4. The van der Waals surface area contributed by atoms with E-state index in [1.807, 2.05) is 37.4 Å². The fourth-order valence-corrected chi connectivity index (χ4v) is 3.31. The monoisotopic (exact) mass is 321 g/mol. The molecule has 0 spiro atoms. The van der Waals surface area contributed by atoms with Crippen LogP contribution in [0.5, 0.6) is 0 Å². The lowest BCUT2D eigenvalue weighted by atomic mass is 10.1. The molecule has 0 aliphatic carbocycles. The van der Waals surface area contributed by atoms with Crippen molar-refractivity contribution >= 4 is 33.0 Å². The Morgan fingerprint density at radius 1 is 1.24 bits per heavy atom. The van der Waals surface area contributed by atoms with Crippen molar-refractivity contribution in [2.75, 3.05) is 0 Å². The number of thiophene rings is 1. The van der Waals surface area contributed by atoms with Gasteiger partial charge in [0.05, 0.1) is 10.4 Å². The second kappa shape index (κ2) is 7.01. The molecule has 0 unspecified atom stereocenters. The number of hydrogen-bond acceptors (Lipinski definition) is 2. The first kappa shape index (κ1) is 15.9. The minimum absolute atomic E-state index is 0.188. The zero-order valence-corrected chi connectivity index (χ0v) is 13.9. The highest BCUT2D eigenvalue weighted by molar-refractivity contribution is 7.17. The van der Waals surface area contributed by atoms with Crippen LogP contribution >= 0.6 is 22.9 Å². The zero-order valence-electron chi connectivity index (χ0n) is 12.3. The average molecular weight is 322 g/mol. The van der Waals surface area contributed by atoms with Crippen LogP contribution in [0.3, 0.4) is 0 Å². The van der Waals surface area contributed by atoms with Gasteiger partial charge in [0.15, 0.2) is 0 Å². The van der Waals surface area contributed by atoms with Gasteiger partial charge in [-0.25, -0.2) is 9.37 Å². The summed E-state index contributed by atoms with van der Waals surface area (Å²) >= 11 is 7.44. The van der Waals surface area contributed by atoms with Crippen molar-refractivity contribution in [3.8, 4) is 11.3 Å². The van der Waals surface area contributed by atoms with Crippen LogP contribution < -0.4 is 0 Å². The van der Waals surface area contributed by atoms with E-state index in [2.05, 4.69) is 11.9 Å². The Labute approximate surface area is 133 Å². The Hall–Kier alpha value is -1.45. The van der Waals surface area contributed by atoms with E-state index in [1.54, 1.807) is 6.07 Å². The number of hydrogen-bond donors (Lipinski definition) is 0. The van der Waals surface area contributed by atoms with Crippen LogP contribution in [0.4, 0.5) is 4.39 Å². The second-order valence-electron chi connectivity index (χ2n) is 4.30. The van der Waals surface area contributed by atoms with Crippen molar-refractivity contribution in [3.05, 3.63) is 52.2 Å². The minimum Gasteiger partial charge on any atom is -0.236 e. The Morgan fingerprint density at radius 3 is 2.71 bits per heavy atom. The molecule has 0 aliphatic heterocycles. The standard InChI is InChI=1S/C15H11ClFNS.C2H6/c1-2-9-6-13(18-14(16)7-9)11-8-19-15-10(11)4-3-5-12(15)17;1-2/h3-8H,2H2,1H3;1-2H3. The summed E-state index contributed by atoms with van der Waals surface area (Å²) in [7, 11) is 0. The van der Waals surface area contributed by atoms with E-state index in [9.17, 15) is 4.39 Å². The second-order valence-corrected chi connectivity index (χ2v) is 5.57. The van der Waals surface area contributed by atoms with E-state index in [1.165, 1.54) is 17.4 Å². The normalized spacial score (nSPS) is 10.3. The van der Waals surface area contributed by atoms with Gasteiger partial charge in [-0.2, -0.15) is 0 Å². The van der Waals surface area contributed by atoms with Crippen LogP contribution in [0, 0.1) is 5.82 Å². The van der Waals surface area contributed by atoms with Gasteiger partial charge < -0.3 is 0 Å². The van der Waals surface area contributed by atoms with E-state index in [-0.39, 0.29) is 5.82 Å². The van der Waals surface area contributed by atoms with Crippen molar-refractivity contribution in [3.63, 3.8) is 0 Å². The highest BCUT2D eigenvalue weighted by Gasteiger charge is 2.11. The van der Waals surface area contributed by atoms with Crippen LogP contribution in [0.2, 0.25) is 5.15 Å². The largest absolute Gasteiger partial charge is 0.236 e. The van der Waals surface area contributed by atoms with Crippen molar-refractivity contribution in [2.24, 2.45) is 0 Å². The molecule has 0 bridgehead atoms. The molecule has 110 valence electrons. The summed E-state index contributed by atoms with van der Waals surface area (Å²) in [6, 6.07) is 8.99. The minimum atomic E-state index is -0.188. The molecule has 0 saturated heterocycles. The van der Waals surface area contributed by atoms with E-state index in [0.717, 1.165) is 28.6 Å². The van der Waals surface area contributed by atoms with Crippen molar-refractivity contribution in [2.45, 2.75) is 27.2 Å². The molecule has 0 atom stereocenters. The van der Waals surface area contributed by atoms with Crippen molar-refractivity contribution in [1.82, 2.24) is 4.98 Å². The molecule has 0 saturated carbocycles.